The summed E-state index contributed by atoms with van der Waals surface area (Å²) < 4.78 is 11.5. The van der Waals surface area contributed by atoms with Crippen LogP contribution in [-0.2, 0) is 9.47 Å². The van der Waals surface area contributed by atoms with Crippen LogP contribution in [0.15, 0.2) is 18.2 Å². The Hall–Kier alpha value is -0.830. The molecule has 0 amide bonds. The number of anilines is 2. The van der Waals surface area contributed by atoms with Crippen LogP contribution in [0.1, 0.15) is 64.2 Å². The fourth-order valence-corrected chi connectivity index (χ4v) is 10.4. The van der Waals surface area contributed by atoms with Crippen molar-refractivity contribution in [2.45, 2.75) is 75.5 Å². The largest absolute Gasteiger partial charge is 0.378 e. The summed E-state index contributed by atoms with van der Waals surface area (Å²) in [6.07, 6.45) is 14.5. The average molecular weight is 445 g/mol. The molecule has 0 spiro atoms. The Balaban J connectivity index is 1.59. The van der Waals surface area contributed by atoms with Gasteiger partial charge in [0.05, 0.1) is 26.4 Å². The molecule has 4 fully saturated rings. The number of ether oxygens (including phenoxy) is 2. The van der Waals surface area contributed by atoms with Crippen molar-refractivity contribution in [3.05, 3.63) is 18.2 Å². The van der Waals surface area contributed by atoms with Crippen LogP contribution in [0.2, 0.25) is 0 Å². The number of morpholine rings is 2. The minimum Gasteiger partial charge on any atom is -0.378 e. The van der Waals surface area contributed by atoms with Crippen LogP contribution in [0.3, 0.4) is 0 Å². The van der Waals surface area contributed by atoms with Crippen LogP contribution in [0, 0.1) is 0 Å². The molecule has 0 radical (unpaired) electrons. The van der Waals surface area contributed by atoms with Crippen molar-refractivity contribution in [3.8, 4) is 0 Å². The molecule has 2 saturated heterocycles. The summed E-state index contributed by atoms with van der Waals surface area (Å²) in [6.45, 7) is 7.63. The van der Waals surface area contributed by atoms with Gasteiger partial charge in [0, 0.05) is 42.9 Å². The Morgan fingerprint density at radius 3 is 1.45 bits per heavy atom. The molecule has 2 aliphatic carbocycles. The van der Waals surface area contributed by atoms with E-state index in [0.29, 0.717) is 0 Å². The van der Waals surface area contributed by atoms with E-state index in [1.54, 1.807) is 16.7 Å². The van der Waals surface area contributed by atoms with Gasteiger partial charge in [-0.25, -0.2) is 0 Å². The molecule has 1 aromatic rings. The highest BCUT2D eigenvalue weighted by atomic mass is 31.1. The highest BCUT2D eigenvalue weighted by molar-refractivity contribution is 7.67. The van der Waals surface area contributed by atoms with Gasteiger partial charge in [0.1, 0.15) is 0 Å². The van der Waals surface area contributed by atoms with Crippen molar-refractivity contribution in [2.75, 3.05) is 62.4 Å². The van der Waals surface area contributed by atoms with Crippen molar-refractivity contribution in [1.29, 1.82) is 0 Å². The molecule has 172 valence electrons. The van der Waals surface area contributed by atoms with Gasteiger partial charge >= 0.3 is 0 Å². The predicted molar refractivity (Wildman–Crippen MR) is 133 cm³/mol. The Morgan fingerprint density at radius 2 is 1.03 bits per heavy atom. The van der Waals surface area contributed by atoms with E-state index in [2.05, 4.69) is 28.0 Å². The number of benzene rings is 1. The average Bonchev–Trinajstić information content (AvgIpc) is 2.87. The number of nitrogens with zero attached hydrogens (tertiary/aromatic N) is 2. The molecular weight excluding hydrogens is 403 g/mol. The smallest absolute Gasteiger partial charge is 0.0642 e. The first-order valence-corrected chi connectivity index (χ1v) is 14.5. The summed E-state index contributed by atoms with van der Waals surface area (Å²) >= 11 is 0. The Kier molecular flexibility index (Phi) is 7.70. The number of rotatable bonds is 5. The topological polar surface area (TPSA) is 24.9 Å². The maximum absolute atomic E-state index is 5.74. The molecule has 0 bridgehead atoms. The second-order valence-electron chi connectivity index (χ2n) is 9.83. The third-order valence-electron chi connectivity index (χ3n) is 7.89. The third kappa shape index (κ3) is 5.07. The van der Waals surface area contributed by atoms with Crippen molar-refractivity contribution in [1.82, 2.24) is 0 Å². The molecule has 5 heteroatoms. The zero-order valence-electron chi connectivity index (χ0n) is 19.3. The molecule has 0 aromatic heterocycles. The van der Waals surface area contributed by atoms with Crippen LogP contribution < -0.4 is 15.1 Å². The minimum absolute atomic E-state index is 0.148. The van der Waals surface area contributed by atoms with Gasteiger partial charge in [-0.3, -0.25) is 0 Å². The maximum Gasteiger partial charge on any atom is 0.0642 e. The van der Waals surface area contributed by atoms with Crippen molar-refractivity contribution >= 4 is 24.6 Å². The van der Waals surface area contributed by atoms with E-state index >= 15 is 0 Å². The standard InChI is InChI=1S/C26H41N2O2P/c1-3-8-22(9-4-1)31(23-10-5-2-6-11-23)26-24(27-14-18-29-19-15-27)12-7-13-25(26)28-16-20-30-21-17-28/h7,12-13,22-23H,1-6,8-11,14-21H2. The summed E-state index contributed by atoms with van der Waals surface area (Å²) in [5.41, 5.74) is 4.95. The van der Waals surface area contributed by atoms with E-state index < -0.39 is 0 Å². The maximum atomic E-state index is 5.74. The lowest BCUT2D eigenvalue weighted by atomic mass is 9.99. The van der Waals surface area contributed by atoms with E-state index in [1.165, 1.54) is 64.2 Å². The van der Waals surface area contributed by atoms with Gasteiger partial charge in [0.15, 0.2) is 0 Å². The molecular formula is C26H41N2O2P. The Morgan fingerprint density at radius 1 is 0.613 bits per heavy atom. The van der Waals surface area contributed by atoms with E-state index in [-0.39, 0.29) is 7.92 Å². The number of hydrogen-bond acceptors (Lipinski definition) is 4. The van der Waals surface area contributed by atoms with Crippen LogP contribution in [0.4, 0.5) is 11.4 Å². The van der Waals surface area contributed by atoms with Crippen molar-refractivity contribution in [3.63, 3.8) is 0 Å². The van der Waals surface area contributed by atoms with E-state index in [1.807, 2.05) is 0 Å². The predicted octanol–water partition coefficient (Wildman–Crippen LogP) is 5.13. The van der Waals surface area contributed by atoms with Crippen molar-refractivity contribution in [2.24, 2.45) is 0 Å². The number of hydrogen-bond donors (Lipinski definition) is 0. The van der Waals surface area contributed by atoms with Crippen molar-refractivity contribution < 1.29 is 9.47 Å². The van der Waals surface area contributed by atoms with Crippen LogP contribution in [-0.4, -0.2) is 63.9 Å². The highest BCUT2D eigenvalue weighted by Crippen LogP contribution is 2.57. The van der Waals surface area contributed by atoms with E-state index in [4.69, 9.17) is 9.47 Å². The normalized spacial score (nSPS) is 24.7. The molecule has 0 atom stereocenters. The second kappa shape index (κ2) is 10.9. The SMILES string of the molecule is c1cc(N2CCOCC2)c(P(C2CCCCC2)C2CCCCC2)c(N2CCOCC2)c1. The summed E-state index contributed by atoms with van der Waals surface area (Å²) in [7, 11) is -0.148. The van der Waals surface area contributed by atoms with E-state index in [0.717, 1.165) is 63.9 Å². The zero-order valence-corrected chi connectivity index (χ0v) is 20.2. The highest BCUT2D eigenvalue weighted by Gasteiger charge is 2.37. The van der Waals surface area contributed by atoms with Crippen LogP contribution in [0.25, 0.3) is 0 Å². The Bertz CT molecular complexity index is 636. The zero-order chi connectivity index (χ0) is 20.9. The van der Waals surface area contributed by atoms with Crippen LogP contribution >= 0.6 is 7.92 Å². The lowest BCUT2D eigenvalue weighted by Crippen LogP contribution is -2.43. The lowest BCUT2D eigenvalue weighted by molar-refractivity contribution is 0.122. The van der Waals surface area contributed by atoms with Gasteiger partial charge in [0.25, 0.3) is 0 Å². The minimum atomic E-state index is -0.148. The summed E-state index contributed by atoms with van der Waals surface area (Å²) in [5, 5.41) is 1.76. The summed E-state index contributed by atoms with van der Waals surface area (Å²) in [5.74, 6) is 0. The fraction of sp³-hybridized carbons (Fsp3) is 0.769. The molecule has 2 heterocycles. The molecule has 2 aliphatic heterocycles. The van der Waals surface area contributed by atoms with Gasteiger partial charge in [-0.05, 0) is 49.1 Å². The van der Waals surface area contributed by atoms with Gasteiger partial charge < -0.3 is 19.3 Å². The molecule has 4 aliphatic rings. The van der Waals surface area contributed by atoms with Gasteiger partial charge in [0.2, 0.25) is 0 Å². The molecule has 2 saturated carbocycles. The molecule has 5 rings (SSSR count). The van der Waals surface area contributed by atoms with Gasteiger partial charge in [-0.1, -0.05) is 52.5 Å². The summed E-state index contributed by atoms with van der Waals surface area (Å²) in [6, 6.07) is 7.23. The third-order valence-corrected chi connectivity index (χ3v) is 11.5. The first-order valence-electron chi connectivity index (χ1n) is 13.0. The molecule has 1 aromatic carbocycles. The van der Waals surface area contributed by atoms with Crippen LogP contribution in [0.5, 0.6) is 0 Å². The second-order valence-corrected chi connectivity index (χ2v) is 12.6. The fourth-order valence-electron chi connectivity index (χ4n) is 6.28. The van der Waals surface area contributed by atoms with Gasteiger partial charge in [-0.15, -0.1) is 0 Å². The lowest BCUT2D eigenvalue weighted by Gasteiger charge is -2.44. The first-order chi connectivity index (χ1) is 15.4. The summed E-state index contributed by atoms with van der Waals surface area (Å²) in [4.78, 5) is 5.31. The Labute approximate surface area is 190 Å². The molecule has 31 heavy (non-hydrogen) atoms. The van der Waals surface area contributed by atoms with Gasteiger partial charge in [-0.2, -0.15) is 0 Å². The van der Waals surface area contributed by atoms with E-state index in [9.17, 15) is 0 Å². The first kappa shape index (κ1) is 22.0. The molecule has 0 N–H and O–H groups in total. The quantitative estimate of drug-likeness (QED) is 0.588. The monoisotopic (exact) mass is 444 g/mol. The molecule has 0 unspecified atom stereocenters. The molecule has 4 nitrogen and oxygen atoms in total.